The lowest BCUT2D eigenvalue weighted by atomic mass is 10.1. The summed E-state index contributed by atoms with van der Waals surface area (Å²) in [5.41, 5.74) is 2.78. The van der Waals surface area contributed by atoms with Crippen LogP contribution in [0.3, 0.4) is 0 Å². The monoisotopic (exact) mass is 240 g/mol. The van der Waals surface area contributed by atoms with Crippen molar-refractivity contribution >= 4 is 22.1 Å². The zero-order valence-corrected chi connectivity index (χ0v) is 11.2. The van der Waals surface area contributed by atoms with Gasteiger partial charge in [0.05, 0.1) is 0 Å². The van der Waals surface area contributed by atoms with E-state index in [-0.39, 0.29) is 0 Å². The lowest BCUT2D eigenvalue weighted by molar-refractivity contribution is 0.767. The number of likely N-dealkylation sites (N-methyl/N-ethyl adjacent to an activating group) is 2. The Bertz CT molecular complexity index is 515. The van der Waals surface area contributed by atoms with Crippen molar-refractivity contribution in [2.24, 2.45) is 0 Å². The molecule has 0 saturated heterocycles. The highest BCUT2D eigenvalue weighted by Crippen LogP contribution is 2.36. The van der Waals surface area contributed by atoms with Gasteiger partial charge in [0.25, 0.3) is 0 Å². The highest BCUT2D eigenvalue weighted by molar-refractivity contribution is 6.04. The van der Waals surface area contributed by atoms with E-state index in [0.717, 1.165) is 26.2 Å². The Hall–Kier alpha value is -1.70. The average molecular weight is 240 g/mol. The van der Waals surface area contributed by atoms with Crippen molar-refractivity contribution in [3.05, 3.63) is 36.4 Å². The van der Waals surface area contributed by atoms with E-state index in [1.165, 1.54) is 22.1 Å². The number of nitrogens with zero attached hydrogens (tertiary/aromatic N) is 2. The first-order valence-corrected chi connectivity index (χ1v) is 6.86. The molecule has 0 atom stereocenters. The third kappa shape index (κ3) is 1.64. The zero-order valence-electron chi connectivity index (χ0n) is 11.2. The number of hydrogen-bond donors (Lipinski definition) is 0. The molecule has 2 heteroatoms. The summed E-state index contributed by atoms with van der Waals surface area (Å²) in [5, 5.41) is 2.77. The van der Waals surface area contributed by atoms with Gasteiger partial charge < -0.3 is 9.80 Å². The van der Waals surface area contributed by atoms with Crippen molar-refractivity contribution in [2.45, 2.75) is 13.8 Å². The molecule has 1 heterocycles. The standard InChI is InChI=1S/C16H20N2/c1-3-17-11-12-18(4-2)15-10-6-8-13-7-5-9-14(17)16(13)15/h5-10H,3-4,11-12H2,1-2H3. The minimum atomic E-state index is 1.07. The summed E-state index contributed by atoms with van der Waals surface area (Å²) >= 11 is 0. The number of anilines is 2. The first kappa shape index (κ1) is 11.4. The molecule has 0 saturated carbocycles. The van der Waals surface area contributed by atoms with Crippen LogP contribution in [-0.2, 0) is 0 Å². The molecule has 2 aromatic carbocycles. The Kier molecular flexibility index (Phi) is 2.86. The third-order valence-corrected chi connectivity index (χ3v) is 3.95. The average Bonchev–Trinajstić information content (AvgIpc) is 2.58. The van der Waals surface area contributed by atoms with Crippen LogP contribution in [0.25, 0.3) is 10.8 Å². The van der Waals surface area contributed by atoms with Crippen LogP contribution in [0.2, 0.25) is 0 Å². The zero-order chi connectivity index (χ0) is 12.5. The summed E-state index contributed by atoms with van der Waals surface area (Å²) in [5.74, 6) is 0. The molecular formula is C16H20N2. The number of benzene rings is 2. The van der Waals surface area contributed by atoms with Crippen LogP contribution in [0.4, 0.5) is 11.4 Å². The SMILES string of the molecule is CCN1CCN(CC)c2cccc3cccc1c23. The maximum atomic E-state index is 2.49. The Morgan fingerprint density at radius 2 is 1.33 bits per heavy atom. The Balaban J connectivity index is 2.31. The molecule has 3 rings (SSSR count). The van der Waals surface area contributed by atoms with Crippen LogP contribution >= 0.6 is 0 Å². The topological polar surface area (TPSA) is 6.48 Å². The molecule has 0 fully saturated rings. The molecule has 0 amide bonds. The molecule has 0 N–H and O–H groups in total. The van der Waals surface area contributed by atoms with E-state index in [4.69, 9.17) is 0 Å². The van der Waals surface area contributed by atoms with E-state index in [2.05, 4.69) is 60.0 Å². The molecule has 18 heavy (non-hydrogen) atoms. The Labute approximate surface area is 109 Å². The molecule has 1 aliphatic heterocycles. The summed E-state index contributed by atoms with van der Waals surface area (Å²) in [7, 11) is 0. The smallest absolute Gasteiger partial charge is 0.0467 e. The quantitative estimate of drug-likeness (QED) is 0.792. The fourth-order valence-electron chi connectivity index (χ4n) is 2.97. The molecule has 94 valence electrons. The second kappa shape index (κ2) is 4.52. The van der Waals surface area contributed by atoms with Gasteiger partial charge >= 0.3 is 0 Å². The van der Waals surface area contributed by atoms with E-state index >= 15 is 0 Å². The van der Waals surface area contributed by atoms with Crippen LogP contribution in [0.15, 0.2) is 36.4 Å². The fourth-order valence-corrected chi connectivity index (χ4v) is 2.97. The van der Waals surface area contributed by atoms with Gasteiger partial charge in [-0.25, -0.2) is 0 Å². The highest BCUT2D eigenvalue weighted by atomic mass is 15.2. The van der Waals surface area contributed by atoms with Gasteiger partial charge in [-0.15, -0.1) is 0 Å². The minimum Gasteiger partial charge on any atom is -0.369 e. The summed E-state index contributed by atoms with van der Waals surface area (Å²) < 4.78 is 0. The molecule has 0 spiro atoms. The van der Waals surface area contributed by atoms with Gasteiger partial charge in [-0.3, -0.25) is 0 Å². The predicted molar refractivity (Wildman–Crippen MR) is 79.7 cm³/mol. The van der Waals surface area contributed by atoms with Crippen molar-refractivity contribution in [2.75, 3.05) is 36.0 Å². The van der Waals surface area contributed by atoms with Crippen LogP contribution in [0.5, 0.6) is 0 Å². The second-order valence-corrected chi connectivity index (χ2v) is 4.81. The van der Waals surface area contributed by atoms with Gasteiger partial charge in [0.1, 0.15) is 0 Å². The Morgan fingerprint density at radius 1 is 0.833 bits per heavy atom. The fraction of sp³-hybridized carbons (Fsp3) is 0.375. The van der Waals surface area contributed by atoms with E-state index < -0.39 is 0 Å². The van der Waals surface area contributed by atoms with Gasteiger partial charge in [-0.1, -0.05) is 24.3 Å². The van der Waals surface area contributed by atoms with Gasteiger partial charge in [0, 0.05) is 42.9 Å². The summed E-state index contributed by atoms with van der Waals surface area (Å²) in [6.07, 6.45) is 0. The normalized spacial score (nSPS) is 15.0. The van der Waals surface area contributed by atoms with Gasteiger partial charge in [-0.2, -0.15) is 0 Å². The van der Waals surface area contributed by atoms with Crippen LogP contribution in [-0.4, -0.2) is 26.2 Å². The Morgan fingerprint density at radius 3 is 1.78 bits per heavy atom. The van der Waals surface area contributed by atoms with Gasteiger partial charge in [0.15, 0.2) is 0 Å². The van der Waals surface area contributed by atoms with Crippen molar-refractivity contribution in [1.82, 2.24) is 0 Å². The lowest BCUT2D eigenvalue weighted by Gasteiger charge is -2.23. The first-order chi connectivity index (χ1) is 8.85. The number of rotatable bonds is 2. The molecule has 0 aliphatic carbocycles. The van der Waals surface area contributed by atoms with E-state index in [0.29, 0.717) is 0 Å². The van der Waals surface area contributed by atoms with Crippen molar-refractivity contribution < 1.29 is 0 Å². The predicted octanol–water partition coefficient (Wildman–Crippen LogP) is 3.51. The first-order valence-electron chi connectivity index (χ1n) is 6.86. The van der Waals surface area contributed by atoms with E-state index in [9.17, 15) is 0 Å². The summed E-state index contributed by atoms with van der Waals surface area (Å²) in [6.45, 7) is 8.85. The molecular weight excluding hydrogens is 220 g/mol. The molecule has 0 bridgehead atoms. The number of hydrogen-bond acceptors (Lipinski definition) is 2. The second-order valence-electron chi connectivity index (χ2n) is 4.81. The third-order valence-electron chi connectivity index (χ3n) is 3.95. The van der Waals surface area contributed by atoms with Gasteiger partial charge in [0.2, 0.25) is 0 Å². The molecule has 0 unspecified atom stereocenters. The van der Waals surface area contributed by atoms with Crippen molar-refractivity contribution in [3.8, 4) is 0 Å². The lowest BCUT2D eigenvalue weighted by Crippen LogP contribution is -2.32. The molecule has 1 aliphatic rings. The summed E-state index contributed by atoms with van der Waals surface area (Å²) in [6, 6.07) is 13.3. The van der Waals surface area contributed by atoms with E-state index in [1.807, 2.05) is 0 Å². The maximum absolute atomic E-state index is 2.49. The molecule has 2 aromatic rings. The van der Waals surface area contributed by atoms with Crippen LogP contribution in [0.1, 0.15) is 13.8 Å². The maximum Gasteiger partial charge on any atom is 0.0467 e. The minimum absolute atomic E-state index is 1.07. The largest absolute Gasteiger partial charge is 0.369 e. The van der Waals surface area contributed by atoms with Crippen LogP contribution < -0.4 is 9.80 Å². The van der Waals surface area contributed by atoms with E-state index in [1.54, 1.807) is 0 Å². The molecule has 0 radical (unpaired) electrons. The van der Waals surface area contributed by atoms with Crippen molar-refractivity contribution in [1.29, 1.82) is 0 Å². The van der Waals surface area contributed by atoms with Crippen LogP contribution in [0, 0.1) is 0 Å². The highest BCUT2D eigenvalue weighted by Gasteiger charge is 2.19. The molecule has 0 aromatic heterocycles. The van der Waals surface area contributed by atoms with Crippen molar-refractivity contribution in [3.63, 3.8) is 0 Å². The summed E-state index contributed by atoms with van der Waals surface area (Å²) in [4.78, 5) is 4.98. The molecule has 2 nitrogen and oxygen atoms in total. The van der Waals surface area contributed by atoms with Gasteiger partial charge in [-0.05, 0) is 31.4 Å².